The first-order valence-electron chi connectivity index (χ1n) is 5.95. The Bertz CT molecular complexity index is 662. The third-order valence-corrected chi connectivity index (χ3v) is 2.63. The van der Waals surface area contributed by atoms with Gasteiger partial charge in [-0.2, -0.15) is 10.2 Å². The number of rotatable bonds is 4. The standard InChI is InChI=1S/C14H13N3O3/c1-20-13(18)7-4-8-15-14(19)11-9-16-17-12-6-3-2-5-10(11)12/h2-7,9H,8H2,1H3,(H,15,19)/b7-4+. The van der Waals surface area contributed by atoms with E-state index in [1.807, 2.05) is 18.2 Å². The molecular weight excluding hydrogens is 258 g/mol. The number of amides is 1. The molecule has 20 heavy (non-hydrogen) atoms. The number of methoxy groups -OCH3 is 1. The molecule has 1 amide bonds. The van der Waals surface area contributed by atoms with Gasteiger partial charge in [0.2, 0.25) is 0 Å². The summed E-state index contributed by atoms with van der Waals surface area (Å²) >= 11 is 0. The minimum Gasteiger partial charge on any atom is -0.466 e. The molecule has 0 saturated carbocycles. The van der Waals surface area contributed by atoms with Crippen LogP contribution in [-0.4, -0.2) is 35.7 Å². The summed E-state index contributed by atoms with van der Waals surface area (Å²) in [5.41, 5.74) is 1.10. The van der Waals surface area contributed by atoms with Gasteiger partial charge in [-0.1, -0.05) is 24.3 Å². The van der Waals surface area contributed by atoms with E-state index in [2.05, 4.69) is 20.3 Å². The van der Waals surface area contributed by atoms with Gasteiger partial charge in [-0.25, -0.2) is 4.79 Å². The monoisotopic (exact) mass is 271 g/mol. The van der Waals surface area contributed by atoms with E-state index < -0.39 is 5.97 Å². The minimum absolute atomic E-state index is 0.227. The predicted molar refractivity (Wildman–Crippen MR) is 73.0 cm³/mol. The highest BCUT2D eigenvalue weighted by atomic mass is 16.5. The number of ether oxygens (including phenoxy) is 1. The van der Waals surface area contributed by atoms with Crippen LogP contribution in [0.15, 0.2) is 42.6 Å². The largest absolute Gasteiger partial charge is 0.466 e. The highest BCUT2D eigenvalue weighted by Crippen LogP contribution is 2.14. The molecule has 0 unspecified atom stereocenters. The number of fused-ring (bicyclic) bond motifs is 1. The van der Waals surface area contributed by atoms with Gasteiger partial charge in [-0.3, -0.25) is 4.79 Å². The van der Waals surface area contributed by atoms with Crippen LogP contribution in [-0.2, 0) is 9.53 Å². The average molecular weight is 271 g/mol. The second kappa shape index (κ2) is 6.42. The smallest absolute Gasteiger partial charge is 0.330 e. The van der Waals surface area contributed by atoms with Crippen LogP contribution in [0.1, 0.15) is 10.4 Å². The first-order chi connectivity index (χ1) is 9.72. The molecule has 2 aromatic rings. The van der Waals surface area contributed by atoms with Gasteiger partial charge in [-0.05, 0) is 6.07 Å². The van der Waals surface area contributed by atoms with Crippen molar-refractivity contribution in [3.05, 3.63) is 48.2 Å². The Kier molecular flexibility index (Phi) is 4.39. The highest BCUT2D eigenvalue weighted by molar-refractivity contribution is 6.05. The molecule has 1 heterocycles. The Morgan fingerprint density at radius 2 is 2.15 bits per heavy atom. The molecule has 102 valence electrons. The molecule has 6 nitrogen and oxygen atoms in total. The molecule has 0 aliphatic carbocycles. The van der Waals surface area contributed by atoms with Gasteiger partial charge in [0.25, 0.3) is 5.91 Å². The topological polar surface area (TPSA) is 81.2 Å². The van der Waals surface area contributed by atoms with Crippen LogP contribution in [0.25, 0.3) is 10.9 Å². The summed E-state index contributed by atoms with van der Waals surface area (Å²) in [6, 6.07) is 7.26. The summed E-state index contributed by atoms with van der Waals surface area (Å²) in [6.45, 7) is 0.227. The van der Waals surface area contributed by atoms with Crippen molar-refractivity contribution in [2.75, 3.05) is 13.7 Å². The Morgan fingerprint density at radius 3 is 2.95 bits per heavy atom. The zero-order valence-electron chi connectivity index (χ0n) is 10.9. The number of benzene rings is 1. The summed E-state index contributed by atoms with van der Waals surface area (Å²) < 4.78 is 4.44. The van der Waals surface area contributed by atoms with E-state index in [1.54, 1.807) is 6.07 Å². The van der Waals surface area contributed by atoms with Crippen LogP contribution in [0.3, 0.4) is 0 Å². The number of nitrogens with one attached hydrogen (secondary N) is 1. The van der Waals surface area contributed by atoms with Crippen LogP contribution in [0, 0.1) is 0 Å². The van der Waals surface area contributed by atoms with Crippen molar-refractivity contribution in [3.8, 4) is 0 Å². The lowest BCUT2D eigenvalue weighted by atomic mass is 10.1. The number of carbonyl (C=O) groups is 2. The number of hydrogen-bond donors (Lipinski definition) is 1. The van der Waals surface area contributed by atoms with E-state index in [4.69, 9.17) is 0 Å². The Balaban J connectivity index is 2.08. The molecule has 1 aromatic carbocycles. The van der Waals surface area contributed by atoms with Crippen molar-refractivity contribution in [3.63, 3.8) is 0 Å². The molecule has 0 atom stereocenters. The second-order valence-electron chi connectivity index (χ2n) is 3.91. The molecule has 0 fully saturated rings. The SMILES string of the molecule is COC(=O)/C=C/CNC(=O)c1cnnc2ccccc12. The van der Waals surface area contributed by atoms with Crippen molar-refractivity contribution < 1.29 is 14.3 Å². The van der Waals surface area contributed by atoms with Crippen LogP contribution in [0.4, 0.5) is 0 Å². The van der Waals surface area contributed by atoms with Gasteiger partial charge < -0.3 is 10.1 Å². The van der Waals surface area contributed by atoms with Crippen LogP contribution < -0.4 is 5.32 Å². The number of esters is 1. The summed E-state index contributed by atoms with van der Waals surface area (Å²) in [7, 11) is 1.29. The molecule has 6 heteroatoms. The molecule has 2 rings (SSSR count). The molecular formula is C14H13N3O3. The summed E-state index contributed by atoms with van der Waals surface area (Å²) in [5.74, 6) is -0.735. The average Bonchev–Trinajstić information content (AvgIpc) is 2.50. The maximum Gasteiger partial charge on any atom is 0.330 e. The van der Waals surface area contributed by atoms with Crippen LogP contribution in [0.2, 0.25) is 0 Å². The molecule has 0 aliphatic rings. The fourth-order valence-electron chi connectivity index (χ4n) is 1.66. The van der Waals surface area contributed by atoms with Crippen LogP contribution >= 0.6 is 0 Å². The van der Waals surface area contributed by atoms with E-state index in [9.17, 15) is 9.59 Å². The first kappa shape index (κ1) is 13.7. The fourth-order valence-corrected chi connectivity index (χ4v) is 1.66. The lowest BCUT2D eigenvalue weighted by Crippen LogP contribution is -2.24. The van der Waals surface area contributed by atoms with Gasteiger partial charge in [0, 0.05) is 18.0 Å². The zero-order chi connectivity index (χ0) is 14.4. The quantitative estimate of drug-likeness (QED) is 0.665. The second-order valence-corrected chi connectivity index (χ2v) is 3.91. The third kappa shape index (κ3) is 3.17. The Labute approximate surface area is 115 Å². The Hall–Kier alpha value is -2.76. The van der Waals surface area contributed by atoms with Crippen LogP contribution in [0.5, 0.6) is 0 Å². The van der Waals surface area contributed by atoms with E-state index in [0.29, 0.717) is 11.1 Å². The summed E-state index contributed by atoms with van der Waals surface area (Å²) in [6.07, 6.45) is 4.19. The molecule has 0 saturated heterocycles. The van der Waals surface area contributed by atoms with E-state index >= 15 is 0 Å². The van der Waals surface area contributed by atoms with Crippen molar-refractivity contribution in [2.45, 2.75) is 0 Å². The Morgan fingerprint density at radius 1 is 1.35 bits per heavy atom. The van der Waals surface area contributed by atoms with Gasteiger partial charge >= 0.3 is 5.97 Å². The maximum absolute atomic E-state index is 12.0. The van der Waals surface area contributed by atoms with Gasteiger partial charge in [-0.15, -0.1) is 0 Å². The van der Waals surface area contributed by atoms with E-state index in [0.717, 1.165) is 5.39 Å². The molecule has 0 radical (unpaired) electrons. The zero-order valence-corrected chi connectivity index (χ0v) is 10.9. The molecule has 1 N–H and O–H groups in total. The van der Waals surface area contributed by atoms with Crippen molar-refractivity contribution in [2.24, 2.45) is 0 Å². The van der Waals surface area contributed by atoms with E-state index in [1.165, 1.54) is 25.5 Å². The van der Waals surface area contributed by atoms with Crippen molar-refractivity contribution >= 4 is 22.8 Å². The lowest BCUT2D eigenvalue weighted by molar-refractivity contribution is -0.134. The van der Waals surface area contributed by atoms with E-state index in [-0.39, 0.29) is 12.5 Å². The fraction of sp³-hybridized carbons (Fsp3) is 0.143. The number of aromatic nitrogens is 2. The predicted octanol–water partition coefficient (Wildman–Crippen LogP) is 1.09. The molecule has 0 spiro atoms. The summed E-state index contributed by atoms with van der Waals surface area (Å²) in [5, 5.41) is 11.2. The molecule has 0 bridgehead atoms. The maximum atomic E-state index is 12.0. The molecule has 1 aromatic heterocycles. The van der Waals surface area contributed by atoms with Crippen molar-refractivity contribution in [1.82, 2.24) is 15.5 Å². The highest BCUT2D eigenvalue weighted by Gasteiger charge is 2.09. The number of carbonyl (C=O) groups excluding carboxylic acids is 2. The number of nitrogens with zero attached hydrogens (tertiary/aromatic N) is 2. The first-order valence-corrected chi connectivity index (χ1v) is 5.95. The molecule has 0 aliphatic heterocycles. The van der Waals surface area contributed by atoms with Gasteiger partial charge in [0.05, 0.1) is 24.4 Å². The number of hydrogen-bond acceptors (Lipinski definition) is 5. The van der Waals surface area contributed by atoms with Gasteiger partial charge in [0.1, 0.15) is 0 Å². The van der Waals surface area contributed by atoms with Crippen molar-refractivity contribution in [1.29, 1.82) is 0 Å². The third-order valence-electron chi connectivity index (χ3n) is 2.63. The normalized spacial score (nSPS) is 10.7. The van der Waals surface area contributed by atoms with Gasteiger partial charge in [0.15, 0.2) is 0 Å². The minimum atomic E-state index is -0.463. The summed E-state index contributed by atoms with van der Waals surface area (Å²) in [4.78, 5) is 22.9. The lowest BCUT2D eigenvalue weighted by Gasteiger charge is -2.04.